The summed E-state index contributed by atoms with van der Waals surface area (Å²) in [4.78, 5) is 33.6. The average molecular weight is 666 g/mol. The second-order valence-corrected chi connectivity index (χ2v) is 14.3. The third-order valence-electron chi connectivity index (χ3n) is 9.83. The molecule has 2 aromatic heterocycles. The molecule has 3 fully saturated rings. The van der Waals surface area contributed by atoms with Crippen LogP contribution >= 0.6 is 0 Å². The summed E-state index contributed by atoms with van der Waals surface area (Å²) >= 11 is 0. The summed E-state index contributed by atoms with van der Waals surface area (Å²) in [6, 6.07) is 12.6. The fourth-order valence-corrected chi connectivity index (χ4v) is 7.59. The van der Waals surface area contributed by atoms with Gasteiger partial charge in [0.05, 0.1) is 23.0 Å². The minimum Gasteiger partial charge on any atom is -0.508 e. The van der Waals surface area contributed by atoms with E-state index < -0.39 is 23.1 Å². The van der Waals surface area contributed by atoms with Crippen LogP contribution in [-0.2, 0) is 4.74 Å². The number of fused-ring (bicyclic) bond motifs is 4. The molecule has 2 unspecified atom stereocenters. The lowest BCUT2D eigenvalue weighted by Crippen LogP contribution is -2.63. The predicted molar refractivity (Wildman–Crippen MR) is 184 cm³/mol. The van der Waals surface area contributed by atoms with E-state index in [-0.39, 0.29) is 35.1 Å². The normalized spacial score (nSPS) is 22.7. The van der Waals surface area contributed by atoms with Crippen LogP contribution in [0.1, 0.15) is 46.5 Å². The number of likely N-dealkylation sites (N-methyl/N-ethyl adjacent to an activating group) is 1. The number of phenolic OH excluding ortho intramolecular Hbond substituents is 1. The lowest BCUT2D eigenvalue weighted by molar-refractivity contribution is 0.00217. The number of anilines is 1. The number of carbonyl (C=O) groups excluding carboxylic acids is 1. The molecule has 0 spiro atoms. The molecule has 12 heteroatoms. The number of amides is 1. The number of aromatic hydroxyl groups is 1. The number of phenols is 1. The van der Waals surface area contributed by atoms with Crippen molar-refractivity contribution in [2.75, 3.05) is 38.2 Å². The number of rotatable bonds is 6. The molecule has 3 atom stereocenters. The van der Waals surface area contributed by atoms with Crippen molar-refractivity contribution in [1.29, 1.82) is 5.26 Å². The van der Waals surface area contributed by atoms with E-state index in [4.69, 9.17) is 14.5 Å². The number of hydrogen-bond acceptors (Lipinski definition) is 10. The highest BCUT2D eigenvalue weighted by Crippen LogP contribution is 2.44. The number of piperazine rings is 1. The lowest BCUT2D eigenvalue weighted by atomic mass is 9.94. The molecule has 2 bridgehead atoms. The van der Waals surface area contributed by atoms with Gasteiger partial charge in [0.2, 0.25) is 0 Å². The van der Waals surface area contributed by atoms with Crippen molar-refractivity contribution in [3.8, 4) is 29.1 Å². The summed E-state index contributed by atoms with van der Waals surface area (Å²) in [7, 11) is 2.05. The first-order chi connectivity index (χ1) is 23.5. The second kappa shape index (κ2) is 12.5. The van der Waals surface area contributed by atoms with Crippen LogP contribution in [0.4, 0.5) is 15.0 Å². The summed E-state index contributed by atoms with van der Waals surface area (Å²) in [6.45, 7) is 7.50. The van der Waals surface area contributed by atoms with Gasteiger partial charge in [0, 0.05) is 37.0 Å². The molecule has 5 heterocycles. The van der Waals surface area contributed by atoms with Gasteiger partial charge < -0.3 is 24.4 Å². The Morgan fingerprint density at radius 1 is 1.20 bits per heavy atom. The summed E-state index contributed by atoms with van der Waals surface area (Å²) in [6.07, 6.45) is 7.65. The average Bonchev–Trinajstić information content (AvgIpc) is 3.58. The number of halogens is 1. The Kier molecular flexibility index (Phi) is 8.27. The predicted octanol–water partition coefficient (Wildman–Crippen LogP) is 6.20. The van der Waals surface area contributed by atoms with Crippen LogP contribution in [0.5, 0.6) is 11.8 Å². The number of nitriles is 1. The van der Waals surface area contributed by atoms with Gasteiger partial charge in [-0.3, -0.25) is 9.88 Å². The number of likely N-dealkylation sites (tertiary alicyclic amines) is 1. The highest BCUT2D eigenvalue weighted by Gasteiger charge is 2.54. The van der Waals surface area contributed by atoms with Gasteiger partial charge in [-0.15, -0.1) is 0 Å². The molecule has 3 aliphatic heterocycles. The molecule has 4 aromatic rings. The molecule has 3 saturated heterocycles. The van der Waals surface area contributed by atoms with Gasteiger partial charge in [-0.2, -0.15) is 15.2 Å². The van der Waals surface area contributed by atoms with E-state index in [0.717, 1.165) is 30.2 Å². The number of benzene rings is 2. The Balaban J connectivity index is 1.34. The standard InChI is InChI=1S/C37H40FN7O4/c1-36(2,3)49-35(47)45-24-12-14-37(45,13-8-15-39)22-44(20-24)33-29-19-40-31(28-18-26(46)17-23-9-5-6-11-27(23)28)30(38)32(29)41-34(42-33)48-21-25-10-7-16-43(25)4/h5-6,8-9,11,13,17-19,24-25,46H,7,10,12,14,16,20-22H2,1-4H3/t24?,25-,37?/m0/s1. The van der Waals surface area contributed by atoms with Gasteiger partial charge in [0.25, 0.3) is 0 Å². The summed E-state index contributed by atoms with van der Waals surface area (Å²) in [5.74, 6) is -0.227. The zero-order valence-electron chi connectivity index (χ0n) is 28.2. The van der Waals surface area contributed by atoms with Gasteiger partial charge in [0.1, 0.15) is 35.0 Å². The van der Waals surface area contributed by atoms with Crippen molar-refractivity contribution < 1.29 is 23.8 Å². The van der Waals surface area contributed by atoms with E-state index in [2.05, 4.69) is 28.0 Å². The van der Waals surface area contributed by atoms with E-state index in [9.17, 15) is 15.2 Å². The minimum absolute atomic E-state index is 0.00265. The highest BCUT2D eigenvalue weighted by molar-refractivity contribution is 6.00. The maximum atomic E-state index is 16.8. The Labute approximate surface area is 284 Å². The van der Waals surface area contributed by atoms with E-state index in [0.29, 0.717) is 49.3 Å². The Morgan fingerprint density at radius 3 is 2.78 bits per heavy atom. The number of aromatic nitrogens is 3. The largest absolute Gasteiger partial charge is 0.508 e. The maximum absolute atomic E-state index is 16.8. The molecule has 49 heavy (non-hydrogen) atoms. The van der Waals surface area contributed by atoms with Gasteiger partial charge in [-0.05, 0) is 89.0 Å². The molecule has 254 valence electrons. The quantitative estimate of drug-likeness (QED) is 0.238. The van der Waals surface area contributed by atoms with E-state index in [1.54, 1.807) is 23.2 Å². The molecule has 0 aliphatic carbocycles. The van der Waals surface area contributed by atoms with Crippen molar-refractivity contribution in [3.63, 3.8) is 0 Å². The Bertz CT molecular complexity index is 2010. The van der Waals surface area contributed by atoms with E-state index in [1.165, 1.54) is 12.1 Å². The van der Waals surface area contributed by atoms with Crippen molar-refractivity contribution in [2.24, 2.45) is 0 Å². The first-order valence-corrected chi connectivity index (χ1v) is 16.7. The molecule has 2 aromatic carbocycles. The van der Waals surface area contributed by atoms with Crippen LogP contribution in [0.2, 0.25) is 0 Å². The van der Waals surface area contributed by atoms with Crippen LogP contribution in [0.3, 0.4) is 0 Å². The van der Waals surface area contributed by atoms with Crippen molar-refractivity contribution in [1.82, 2.24) is 24.8 Å². The van der Waals surface area contributed by atoms with Crippen molar-refractivity contribution in [2.45, 2.75) is 69.7 Å². The monoisotopic (exact) mass is 665 g/mol. The fourth-order valence-electron chi connectivity index (χ4n) is 7.59. The second-order valence-electron chi connectivity index (χ2n) is 14.3. The summed E-state index contributed by atoms with van der Waals surface area (Å²) in [5, 5.41) is 21.9. The molecule has 7 rings (SSSR count). The number of hydrogen-bond donors (Lipinski definition) is 1. The zero-order chi connectivity index (χ0) is 34.5. The molecule has 3 aliphatic rings. The third kappa shape index (κ3) is 6.08. The van der Waals surface area contributed by atoms with Gasteiger partial charge in [-0.1, -0.05) is 24.3 Å². The number of allylic oxidation sites excluding steroid dienone is 1. The molecule has 11 nitrogen and oxygen atoms in total. The van der Waals surface area contributed by atoms with Gasteiger partial charge in [-0.25, -0.2) is 9.18 Å². The SMILES string of the molecule is CN1CCC[C@H]1COc1nc(N2CC3CCC(C=CC#N)(C2)N3C(=O)OC(C)(C)C)c2cnc(-c3cc(O)cc4ccccc34)c(F)c2n1. The van der Waals surface area contributed by atoms with Crippen LogP contribution < -0.4 is 9.64 Å². The highest BCUT2D eigenvalue weighted by atomic mass is 19.1. The number of pyridine rings is 1. The zero-order valence-corrected chi connectivity index (χ0v) is 28.2. The first-order valence-electron chi connectivity index (χ1n) is 16.7. The maximum Gasteiger partial charge on any atom is 0.411 e. The van der Waals surface area contributed by atoms with Crippen LogP contribution in [-0.4, -0.2) is 92.5 Å². The fraction of sp³-hybridized carbons (Fsp3) is 0.432. The molecular weight excluding hydrogens is 625 g/mol. The smallest absolute Gasteiger partial charge is 0.411 e. The number of ether oxygens (including phenoxy) is 2. The van der Waals surface area contributed by atoms with Crippen molar-refractivity contribution >= 4 is 33.6 Å². The third-order valence-corrected chi connectivity index (χ3v) is 9.83. The first kappa shape index (κ1) is 32.5. The van der Waals surface area contributed by atoms with Gasteiger partial charge in [0.15, 0.2) is 5.82 Å². The lowest BCUT2D eigenvalue weighted by Gasteiger charge is -2.48. The van der Waals surface area contributed by atoms with Crippen molar-refractivity contribution in [3.05, 3.63) is 60.6 Å². The molecule has 0 radical (unpaired) electrons. The van der Waals surface area contributed by atoms with E-state index in [1.807, 2.05) is 49.9 Å². The molecule has 1 amide bonds. The number of carbonyl (C=O) groups is 1. The Hall–Kier alpha value is -5.02. The number of nitrogens with zero attached hydrogens (tertiary/aromatic N) is 7. The van der Waals surface area contributed by atoms with Crippen LogP contribution in [0.15, 0.2) is 54.7 Å². The minimum atomic E-state index is -0.849. The topological polar surface area (TPSA) is 128 Å². The van der Waals surface area contributed by atoms with E-state index >= 15 is 4.39 Å². The summed E-state index contributed by atoms with van der Waals surface area (Å²) < 4.78 is 28.9. The van der Waals surface area contributed by atoms with Gasteiger partial charge >= 0.3 is 12.1 Å². The van der Waals surface area contributed by atoms with Crippen LogP contribution in [0, 0.1) is 17.1 Å². The van der Waals surface area contributed by atoms with Crippen LogP contribution in [0.25, 0.3) is 32.9 Å². The molecule has 1 N–H and O–H groups in total. The molecular formula is C37H40FN7O4. The summed E-state index contributed by atoms with van der Waals surface area (Å²) in [5.41, 5.74) is -1.01. The molecule has 0 saturated carbocycles. The Morgan fingerprint density at radius 2 is 2.02 bits per heavy atom.